The molecule has 0 aliphatic rings. The van der Waals surface area contributed by atoms with Crippen molar-refractivity contribution in [2.24, 2.45) is 5.92 Å². The van der Waals surface area contributed by atoms with Gasteiger partial charge >= 0.3 is 0 Å². The highest BCUT2D eigenvalue weighted by atomic mass is 16.5. The van der Waals surface area contributed by atoms with E-state index in [1.807, 2.05) is 0 Å². The van der Waals surface area contributed by atoms with Crippen molar-refractivity contribution in [2.75, 3.05) is 40.0 Å². The van der Waals surface area contributed by atoms with E-state index in [9.17, 15) is 0 Å². The van der Waals surface area contributed by atoms with Crippen LogP contribution >= 0.6 is 0 Å². The van der Waals surface area contributed by atoms with Gasteiger partial charge in [0.05, 0.1) is 0 Å². The molecule has 3 nitrogen and oxygen atoms in total. The maximum atomic E-state index is 5.06. The van der Waals surface area contributed by atoms with Gasteiger partial charge in [-0.3, -0.25) is 4.90 Å². The van der Waals surface area contributed by atoms with Crippen LogP contribution in [-0.2, 0) is 4.74 Å². The number of nitrogens with zero attached hydrogens (tertiary/aromatic N) is 1. The molecule has 0 spiro atoms. The summed E-state index contributed by atoms with van der Waals surface area (Å²) in [6, 6.07) is 0. The van der Waals surface area contributed by atoms with Crippen LogP contribution in [0.1, 0.15) is 20.8 Å². The Hall–Kier alpha value is -0.120. The minimum absolute atomic E-state index is 0.598. The van der Waals surface area contributed by atoms with Gasteiger partial charge in [0.25, 0.3) is 0 Å². The molecule has 0 aromatic rings. The molecule has 1 atom stereocenters. The van der Waals surface area contributed by atoms with Crippen molar-refractivity contribution in [3.05, 3.63) is 0 Å². The van der Waals surface area contributed by atoms with E-state index in [1.165, 1.54) is 0 Å². The maximum absolute atomic E-state index is 5.06. The van der Waals surface area contributed by atoms with Crippen molar-refractivity contribution in [3.63, 3.8) is 0 Å². The molecule has 80 valence electrons. The van der Waals surface area contributed by atoms with Gasteiger partial charge in [0, 0.05) is 26.9 Å². The van der Waals surface area contributed by atoms with Gasteiger partial charge in [-0.1, -0.05) is 20.8 Å². The van der Waals surface area contributed by atoms with Crippen molar-refractivity contribution >= 4 is 0 Å². The first-order chi connectivity index (χ1) is 6.24. The highest BCUT2D eigenvalue weighted by molar-refractivity contribution is 4.56. The molecule has 0 saturated carbocycles. The number of nitrogens with one attached hydrogen (secondary N) is 1. The quantitative estimate of drug-likeness (QED) is 0.578. The van der Waals surface area contributed by atoms with Crippen LogP contribution in [0.4, 0.5) is 0 Å². The topological polar surface area (TPSA) is 24.5 Å². The molecule has 0 aromatic carbocycles. The first kappa shape index (κ1) is 12.9. The van der Waals surface area contributed by atoms with Crippen LogP contribution in [0.15, 0.2) is 0 Å². The van der Waals surface area contributed by atoms with Crippen LogP contribution in [0.25, 0.3) is 0 Å². The average Bonchev–Trinajstić information content (AvgIpc) is 2.13. The lowest BCUT2D eigenvalue weighted by Gasteiger charge is -2.20. The van der Waals surface area contributed by atoms with Crippen LogP contribution < -0.4 is 5.32 Å². The summed E-state index contributed by atoms with van der Waals surface area (Å²) in [5.74, 6) is 0.598. The van der Waals surface area contributed by atoms with Gasteiger partial charge in [-0.2, -0.15) is 0 Å². The Labute approximate surface area is 82.4 Å². The lowest BCUT2D eigenvalue weighted by molar-refractivity contribution is 0.154. The fourth-order valence-corrected chi connectivity index (χ4v) is 1.26. The van der Waals surface area contributed by atoms with Crippen molar-refractivity contribution in [3.8, 4) is 0 Å². The predicted octanol–water partition coefficient (Wildman–Crippen LogP) is 1.16. The molecule has 0 fully saturated rings. The summed E-state index contributed by atoms with van der Waals surface area (Å²) < 4.78 is 5.06. The first-order valence-corrected chi connectivity index (χ1v) is 5.16. The summed E-state index contributed by atoms with van der Waals surface area (Å²) in [6.45, 7) is 11.6. The molecule has 0 rings (SSSR count). The molecule has 13 heavy (non-hydrogen) atoms. The van der Waals surface area contributed by atoms with Crippen LogP contribution in [0.5, 0.6) is 0 Å². The zero-order valence-corrected chi connectivity index (χ0v) is 9.47. The Bertz CT molecular complexity index is 105. The standard InChI is InChI=1S/C10H24N2O/c1-5-12(6-2)9-11-7-10(3)8-13-4/h10-11H,5-9H2,1-4H3. The third-order valence-electron chi connectivity index (χ3n) is 2.17. The summed E-state index contributed by atoms with van der Waals surface area (Å²) >= 11 is 0. The molecular weight excluding hydrogens is 164 g/mol. The smallest absolute Gasteiger partial charge is 0.0499 e. The molecule has 3 heteroatoms. The maximum Gasteiger partial charge on any atom is 0.0499 e. The highest BCUT2D eigenvalue weighted by Crippen LogP contribution is 1.92. The summed E-state index contributed by atoms with van der Waals surface area (Å²) in [4.78, 5) is 2.36. The predicted molar refractivity (Wildman–Crippen MR) is 56.8 cm³/mol. The molecular formula is C10H24N2O. The Morgan fingerprint density at radius 3 is 2.38 bits per heavy atom. The van der Waals surface area contributed by atoms with Crippen molar-refractivity contribution < 1.29 is 4.74 Å². The molecule has 0 aliphatic carbocycles. The minimum atomic E-state index is 0.598. The van der Waals surface area contributed by atoms with Crippen LogP contribution in [0.2, 0.25) is 0 Å². The van der Waals surface area contributed by atoms with E-state index >= 15 is 0 Å². The second kappa shape index (κ2) is 8.48. The first-order valence-electron chi connectivity index (χ1n) is 5.16. The van der Waals surface area contributed by atoms with Crippen molar-refractivity contribution in [1.82, 2.24) is 10.2 Å². The molecule has 0 bridgehead atoms. The van der Waals surface area contributed by atoms with Crippen LogP contribution in [-0.4, -0.2) is 44.9 Å². The van der Waals surface area contributed by atoms with E-state index in [0.717, 1.165) is 32.9 Å². The third-order valence-corrected chi connectivity index (χ3v) is 2.17. The second-order valence-electron chi connectivity index (χ2n) is 3.48. The number of hydrogen-bond donors (Lipinski definition) is 1. The van der Waals surface area contributed by atoms with Crippen LogP contribution in [0.3, 0.4) is 0 Å². The van der Waals surface area contributed by atoms with Gasteiger partial charge in [-0.25, -0.2) is 0 Å². The summed E-state index contributed by atoms with van der Waals surface area (Å²) in [6.07, 6.45) is 0. The summed E-state index contributed by atoms with van der Waals surface area (Å²) in [7, 11) is 1.75. The lowest BCUT2D eigenvalue weighted by Crippen LogP contribution is -2.36. The van der Waals surface area contributed by atoms with Crippen LogP contribution in [0, 0.1) is 5.92 Å². The van der Waals surface area contributed by atoms with Crippen molar-refractivity contribution in [2.45, 2.75) is 20.8 Å². The van der Waals surface area contributed by atoms with Crippen molar-refractivity contribution in [1.29, 1.82) is 0 Å². The van der Waals surface area contributed by atoms with Gasteiger partial charge < -0.3 is 10.1 Å². The summed E-state index contributed by atoms with van der Waals surface area (Å²) in [5, 5.41) is 3.42. The Morgan fingerprint density at radius 1 is 1.31 bits per heavy atom. The molecule has 0 aromatic heterocycles. The molecule has 1 unspecified atom stereocenters. The fourth-order valence-electron chi connectivity index (χ4n) is 1.26. The zero-order valence-electron chi connectivity index (χ0n) is 9.47. The highest BCUT2D eigenvalue weighted by Gasteiger charge is 2.01. The molecule has 0 radical (unpaired) electrons. The van der Waals surface area contributed by atoms with E-state index in [4.69, 9.17) is 4.74 Å². The SMILES string of the molecule is CCN(CC)CNCC(C)COC. The number of rotatable bonds is 8. The number of ether oxygens (including phenoxy) is 1. The molecule has 0 amide bonds. The number of methoxy groups -OCH3 is 1. The van der Waals surface area contributed by atoms with E-state index in [2.05, 4.69) is 31.0 Å². The second-order valence-corrected chi connectivity index (χ2v) is 3.48. The normalized spacial score (nSPS) is 13.6. The van der Waals surface area contributed by atoms with Gasteiger partial charge in [0.15, 0.2) is 0 Å². The number of hydrogen-bond acceptors (Lipinski definition) is 3. The largest absolute Gasteiger partial charge is 0.384 e. The Balaban J connectivity index is 3.32. The van der Waals surface area contributed by atoms with Gasteiger partial charge in [0.2, 0.25) is 0 Å². The monoisotopic (exact) mass is 188 g/mol. The minimum Gasteiger partial charge on any atom is -0.384 e. The zero-order chi connectivity index (χ0) is 10.1. The Kier molecular flexibility index (Phi) is 8.40. The lowest BCUT2D eigenvalue weighted by atomic mass is 10.2. The van der Waals surface area contributed by atoms with Gasteiger partial charge in [-0.15, -0.1) is 0 Å². The molecule has 0 saturated heterocycles. The fraction of sp³-hybridized carbons (Fsp3) is 1.00. The van der Waals surface area contributed by atoms with E-state index in [-0.39, 0.29) is 0 Å². The summed E-state index contributed by atoms with van der Waals surface area (Å²) in [5.41, 5.74) is 0. The van der Waals surface area contributed by atoms with E-state index in [0.29, 0.717) is 5.92 Å². The molecule has 0 heterocycles. The third kappa shape index (κ3) is 6.99. The molecule has 0 aliphatic heterocycles. The molecule has 1 N–H and O–H groups in total. The van der Waals surface area contributed by atoms with Gasteiger partial charge in [0.1, 0.15) is 0 Å². The Morgan fingerprint density at radius 2 is 1.92 bits per heavy atom. The van der Waals surface area contributed by atoms with E-state index < -0.39 is 0 Å². The van der Waals surface area contributed by atoms with E-state index in [1.54, 1.807) is 7.11 Å². The van der Waals surface area contributed by atoms with Gasteiger partial charge in [-0.05, 0) is 19.0 Å². The average molecular weight is 188 g/mol.